The van der Waals surface area contributed by atoms with E-state index in [0.717, 1.165) is 40.9 Å². The van der Waals surface area contributed by atoms with E-state index < -0.39 is 0 Å². The first-order valence-electron chi connectivity index (χ1n) is 6.85. The average molecular weight is 376 g/mol. The van der Waals surface area contributed by atoms with E-state index in [-0.39, 0.29) is 18.3 Å². The van der Waals surface area contributed by atoms with Crippen LogP contribution in [-0.2, 0) is 4.79 Å². The Balaban J connectivity index is 0.00000400. The predicted octanol–water partition coefficient (Wildman–Crippen LogP) is 4.41. The zero-order valence-electron chi connectivity index (χ0n) is 12.9. The SMILES string of the molecule is C=C(C)CN(CC)CCC(=O)Nc1ccc(Br)c(C)c1.Cl. The highest BCUT2D eigenvalue weighted by molar-refractivity contribution is 9.10. The lowest BCUT2D eigenvalue weighted by molar-refractivity contribution is -0.116. The standard InChI is InChI=1S/C16H23BrN2O.ClH/c1-5-19(11-12(2)3)9-8-16(20)18-14-6-7-15(17)13(4)10-14;/h6-7,10H,2,5,8-9,11H2,1,3-4H3,(H,18,20);1H. The number of rotatable bonds is 7. The highest BCUT2D eigenvalue weighted by Gasteiger charge is 2.07. The van der Waals surface area contributed by atoms with Crippen LogP contribution in [0.15, 0.2) is 34.8 Å². The van der Waals surface area contributed by atoms with Crippen molar-refractivity contribution in [3.63, 3.8) is 0 Å². The van der Waals surface area contributed by atoms with Gasteiger partial charge in [0.1, 0.15) is 0 Å². The Kier molecular flexibility index (Phi) is 9.58. The molecule has 0 atom stereocenters. The topological polar surface area (TPSA) is 32.3 Å². The summed E-state index contributed by atoms with van der Waals surface area (Å²) < 4.78 is 1.05. The molecular formula is C16H24BrClN2O. The molecular weight excluding hydrogens is 352 g/mol. The molecule has 0 radical (unpaired) electrons. The van der Waals surface area contributed by atoms with E-state index in [1.807, 2.05) is 32.0 Å². The molecule has 0 unspecified atom stereocenters. The Hall–Kier alpha value is -0.840. The molecule has 0 heterocycles. The average Bonchev–Trinajstić information content (AvgIpc) is 2.38. The third kappa shape index (κ3) is 7.65. The number of carbonyl (C=O) groups is 1. The van der Waals surface area contributed by atoms with E-state index in [9.17, 15) is 4.79 Å². The van der Waals surface area contributed by atoms with Crippen LogP contribution in [0.25, 0.3) is 0 Å². The Morgan fingerprint density at radius 3 is 2.62 bits per heavy atom. The molecule has 3 nitrogen and oxygen atoms in total. The minimum absolute atomic E-state index is 0. The molecule has 0 fully saturated rings. The largest absolute Gasteiger partial charge is 0.326 e. The number of nitrogens with one attached hydrogen (secondary N) is 1. The smallest absolute Gasteiger partial charge is 0.225 e. The number of anilines is 1. The van der Waals surface area contributed by atoms with Gasteiger partial charge in [-0.1, -0.05) is 35.0 Å². The molecule has 0 aliphatic rings. The van der Waals surface area contributed by atoms with Crippen molar-refractivity contribution in [2.75, 3.05) is 25.0 Å². The minimum Gasteiger partial charge on any atom is -0.326 e. The molecule has 0 bridgehead atoms. The quantitative estimate of drug-likeness (QED) is 0.716. The van der Waals surface area contributed by atoms with Gasteiger partial charge >= 0.3 is 0 Å². The normalized spacial score (nSPS) is 10.1. The third-order valence-electron chi connectivity index (χ3n) is 3.04. The Bertz CT molecular complexity index is 491. The lowest BCUT2D eigenvalue weighted by atomic mass is 10.2. The summed E-state index contributed by atoms with van der Waals surface area (Å²) in [5.41, 5.74) is 3.08. The molecule has 1 N–H and O–H groups in total. The fraction of sp³-hybridized carbons (Fsp3) is 0.438. The lowest BCUT2D eigenvalue weighted by Gasteiger charge is -2.20. The van der Waals surface area contributed by atoms with Crippen molar-refractivity contribution in [1.29, 1.82) is 0 Å². The molecule has 0 spiro atoms. The summed E-state index contributed by atoms with van der Waals surface area (Å²) in [4.78, 5) is 14.2. The number of hydrogen-bond acceptors (Lipinski definition) is 2. The van der Waals surface area contributed by atoms with Gasteiger partial charge in [0, 0.05) is 29.7 Å². The van der Waals surface area contributed by atoms with Gasteiger partial charge < -0.3 is 5.32 Å². The van der Waals surface area contributed by atoms with Crippen molar-refractivity contribution in [3.8, 4) is 0 Å². The minimum atomic E-state index is 0. The molecule has 0 aromatic heterocycles. The first-order chi connectivity index (χ1) is 9.42. The van der Waals surface area contributed by atoms with Crippen LogP contribution in [0.1, 0.15) is 25.8 Å². The Morgan fingerprint density at radius 2 is 2.10 bits per heavy atom. The number of benzene rings is 1. The molecule has 5 heteroatoms. The molecule has 1 rings (SSSR count). The summed E-state index contributed by atoms with van der Waals surface area (Å²) in [7, 11) is 0. The molecule has 0 saturated heterocycles. The van der Waals surface area contributed by atoms with Crippen LogP contribution < -0.4 is 5.32 Å². The number of amides is 1. The van der Waals surface area contributed by atoms with Gasteiger partial charge in [-0.3, -0.25) is 9.69 Å². The summed E-state index contributed by atoms with van der Waals surface area (Å²) in [6.07, 6.45) is 0.496. The van der Waals surface area contributed by atoms with Crippen LogP contribution in [-0.4, -0.2) is 30.4 Å². The van der Waals surface area contributed by atoms with E-state index in [1.165, 1.54) is 0 Å². The van der Waals surface area contributed by atoms with E-state index >= 15 is 0 Å². The fourth-order valence-corrected chi connectivity index (χ4v) is 2.18. The second-order valence-corrected chi connectivity index (χ2v) is 5.94. The number of aryl methyl sites for hydroxylation is 1. The Labute approximate surface area is 142 Å². The number of carbonyl (C=O) groups excluding carboxylic acids is 1. The van der Waals surface area contributed by atoms with Gasteiger partial charge in [0.25, 0.3) is 0 Å². The van der Waals surface area contributed by atoms with Crippen LogP contribution in [0.2, 0.25) is 0 Å². The Morgan fingerprint density at radius 1 is 1.43 bits per heavy atom. The summed E-state index contributed by atoms with van der Waals surface area (Å²) in [6, 6.07) is 5.82. The van der Waals surface area contributed by atoms with Crippen LogP contribution in [0.5, 0.6) is 0 Å². The van der Waals surface area contributed by atoms with E-state index in [1.54, 1.807) is 0 Å². The van der Waals surface area contributed by atoms with Crippen molar-refractivity contribution in [1.82, 2.24) is 4.90 Å². The van der Waals surface area contributed by atoms with Gasteiger partial charge in [0.05, 0.1) is 0 Å². The highest BCUT2D eigenvalue weighted by atomic mass is 79.9. The highest BCUT2D eigenvalue weighted by Crippen LogP contribution is 2.20. The predicted molar refractivity (Wildman–Crippen MR) is 96.3 cm³/mol. The zero-order valence-corrected chi connectivity index (χ0v) is 15.3. The second-order valence-electron chi connectivity index (χ2n) is 5.09. The second kappa shape index (κ2) is 9.98. The van der Waals surface area contributed by atoms with Crippen molar-refractivity contribution in [3.05, 3.63) is 40.4 Å². The molecule has 1 aromatic carbocycles. The number of hydrogen-bond donors (Lipinski definition) is 1. The van der Waals surface area contributed by atoms with E-state index in [4.69, 9.17) is 0 Å². The third-order valence-corrected chi connectivity index (χ3v) is 3.93. The molecule has 1 amide bonds. The number of likely N-dealkylation sites (N-methyl/N-ethyl adjacent to an activating group) is 1. The van der Waals surface area contributed by atoms with Gasteiger partial charge in [-0.15, -0.1) is 12.4 Å². The monoisotopic (exact) mass is 374 g/mol. The van der Waals surface area contributed by atoms with Gasteiger partial charge in [-0.2, -0.15) is 0 Å². The van der Waals surface area contributed by atoms with Crippen LogP contribution in [0.4, 0.5) is 5.69 Å². The summed E-state index contributed by atoms with van der Waals surface area (Å²) in [5, 5.41) is 2.93. The maximum Gasteiger partial charge on any atom is 0.225 e. The van der Waals surface area contributed by atoms with E-state index in [2.05, 4.69) is 39.6 Å². The maximum atomic E-state index is 11.9. The molecule has 21 heavy (non-hydrogen) atoms. The summed E-state index contributed by atoms with van der Waals surface area (Å²) in [5.74, 6) is 0.0480. The molecule has 0 aliphatic heterocycles. The molecule has 118 valence electrons. The van der Waals surface area contributed by atoms with Crippen molar-refractivity contribution in [2.45, 2.75) is 27.2 Å². The van der Waals surface area contributed by atoms with Gasteiger partial charge in [0.15, 0.2) is 0 Å². The van der Waals surface area contributed by atoms with Crippen molar-refractivity contribution in [2.24, 2.45) is 0 Å². The number of halogens is 2. The lowest BCUT2D eigenvalue weighted by Crippen LogP contribution is -2.29. The summed E-state index contributed by atoms with van der Waals surface area (Å²) in [6.45, 7) is 12.5. The van der Waals surface area contributed by atoms with Crippen LogP contribution in [0, 0.1) is 6.92 Å². The van der Waals surface area contributed by atoms with E-state index in [0.29, 0.717) is 6.42 Å². The van der Waals surface area contributed by atoms with Gasteiger partial charge in [-0.05, 0) is 44.2 Å². The van der Waals surface area contributed by atoms with Crippen LogP contribution in [0.3, 0.4) is 0 Å². The number of nitrogens with zero attached hydrogens (tertiary/aromatic N) is 1. The molecule has 1 aromatic rings. The fourth-order valence-electron chi connectivity index (χ4n) is 1.94. The maximum absolute atomic E-state index is 11.9. The molecule has 0 aliphatic carbocycles. The zero-order chi connectivity index (χ0) is 15.1. The van der Waals surface area contributed by atoms with Gasteiger partial charge in [0.2, 0.25) is 5.91 Å². The molecule has 0 saturated carbocycles. The van der Waals surface area contributed by atoms with Crippen molar-refractivity contribution >= 4 is 39.9 Å². The van der Waals surface area contributed by atoms with Gasteiger partial charge in [-0.25, -0.2) is 0 Å². The first kappa shape index (κ1) is 20.2. The van der Waals surface area contributed by atoms with Crippen molar-refractivity contribution < 1.29 is 4.79 Å². The summed E-state index contributed by atoms with van der Waals surface area (Å²) >= 11 is 3.45. The van der Waals surface area contributed by atoms with Crippen LogP contribution >= 0.6 is 28.3 Å². The first-order valence-corrected chi connectivity index (χ1v) is 7.64.